The number of rotatable bonds is 5. The first-order valence-electron chi connectivity index (χ1n) is 6.04. The third kappa shape index (κ3) is 3.16. The number of aromatic nitrogens is 1. The van der Waals surface area contributed by atoms with E-state index < -0.39 is 0 Å². The van der Waals surface area contributed by atoms with Crippen molar-refractivity contribution in [2.75, 3.05) is 6.61 Å². The number of benzene rings is 1. The molecule has 0 saturated carbocycles. The summed E-state index contributed by atoms with van der Waals surface area (Å²) in [7, 11) is 0. The average Bonchev–Trinajstić information content (AvgIpc) is 2.83. The summed E-state index contributed by atoms with van der Waals surface area (Å²) in [5.41, 5.74) is 2.13. The molecule has 0 bridgehead atoms. The molecule has 1 aromatic heterocycles. The van der Waals surface area contributed by atoms with E-state index in [9.17, 15) is 5.11 Å². The molecule has 2 atom stereocenters. The van der Waals surface area contributed by atoms with Crippen molar-refractivity contribution in [1.29, 1.82) is 0 Å². The van der Waals surface area contributed by atoms with Gasteiger partial charge in [0.25, 0.3) is 0 Å². The second-order valence-electron chi connectivity index (χ2n) is 4.33. The highest BCUT2D eigenvalue weighted by molar-refractivity contribution is 7.09. The Labute approximate surface area is 112 Å². The number of hydrogen-bond acceptors (Lipinski definition) is 4. The standard InChI is InChI=1S/C14H18N2OS/c1-10(14-9-18-11(2)16-14)15-13(8-17)12-6-4-3-5-7-12/h3-7,9-10,13,15,17H,8H2,1-2H3/t10?,13-/m0/s1. The maximum Gasteiger partial charge on any atom is 0.0898 e. The topological polar surface area (TPSA) is 45.2 Å². The molecule has 2 N–H and O–H groups in total. The summed E-state index contributed by atoms with van der Waals surface area (Å²) in [6, 6.07) is 10.1. The monoisotopic (exact) mass is 262 g/mol. The highest BCUT2D eigenvalue weighted by Crippen LogP contribution is 2.20. The Kier molecular flexibility index (Phi) is 4.47. The summed E-state index contributed by atoms with van der Waals surface area (Å²) in [6.45, 7) is 4.15. The van der Waals surface area contributed by atoms with E-state index in [0.29, 0.717) is 0 Å². The number of thiazole rings is 1. The molecule has 2 aromatic rings. The summed E-state index contributed by atoms with van der Waals surface area (Å²) >= 11 is 1.65. The van der Waals surface area contributed by atoms with Crippen LogP contribution < -0.4 is 5.32 Å². The predicted octanol–water partition coefficient (Wildman–Crippen LogP) is 2.84. The van der Waals surface area contributed by atoms with Crippen LogP contribution in [-0.4, -0.2) is 16.7 Å². The Bertz CT molecular complexity index is 484. The van der Waals surface area contributed by atoms with Crippen LogP contribution >= 0.6 is 11.3 Å². The minimum Gasteiger partial charge on any atom is -0.394 e. The van der Waals surface area contributed by atoms with Gasteiger partial charge in [-0.3, -0.25) is 5.32 Å². The minimum atomic E-state index is -0.0526. The molecule has 0 aliphatic rings. The Morgan fingerprint density at radius 2 is 2.06 bits per heavy atom. The lowest BCUT2D eigenvalue weighted by atomic mass is 10.1. The van der Waals surface area contributed by atoms with Crippen LogP contribution in [0.2, 0.25) is 0 Å². The molecule has 0 aliphatic heterocycles. The van der Waals surface area contributed by atoms with Gasteiger partial charge in [-0.15, -0.1) is 11.3 Å². The van der Waals surface area contributed by atoms with Gasteiger partial charge < -0.3 is 5.11 Å². The van der Waals surface area contributed by atoms with Gasteiger partial charge >= 0.3 is 0 Å². The second-order valence-corrected chi connectivity index (χ2v) is 5.39. The van der Waals surface area contributed by atoms with Gasteiger partial charge in [-0.2, -0.15) is 0 Å². The van der Waals surface area contributed by atoms with Gasteiger partial charge in [0, 0.05) is 11.4 Å². The normalized spacial score (nSPS) is 14.4. The van der Waals surface area contributed by atoms with Gasteiger partial charge in [0.05, 0.1) is 23.4 Å². The Balaban J connectivity index is 2.07. The summed E-state index contributed by atoms with van der Waals surface area (Å²) in [4.78, 5) is 4.47. The van der Waals surface area contributed by atoms with Gasteiger partial charge in [0.15, 0.2) is 0 Å². The van der Waals surface area contributed by atoms with Crippen molar-refractivity contribution in [2.45, 2.75) is 25.9 Å². The van der Waals surface area contributed by atoms with E-state index in [1.807, 2.05) is 37.3 Å². The lowest BCUT2D eigenvalue weighted by Gasteiger charge is -2.21. The molecular formula is C14H18N2OS. The first-order chi connectivity index (χ1) is 8.70. The van der Waals surface area contributed by atoms with Crippen molar-refractivity contribution in [1.82, 2.24) is 10.3 Å². The summed E-state index contributed by atoms with van der Waals surface area (Å²) < 4.78 is 0. The molecule has 1 aromatic carbocycles. The van der Waals surface area contributed by atoms with Crippen LogP contribution in [0, 0.1) is 6.92 Å². The van der Waals surface area contributed by atoms with Gasteiger partial charge in [0.1, 0.15) is 0 Å². The van der Waals surface area contributed by atoms with Gasteiger partial charge in [0.2, 0.25) is 0 Å². The van der Waals surface area contributed by atoms with Crippen LogP contribution in [0.25, 0.3) is 0 Å². The lowest BCUT2D eigenvalue weighted by molar-refractivity contribution is 0.235. The Hall–Kier alpha value is -1.23. The van der Waals surface area contributed by atoms with Crippen LogP contribution in [0.15, 0.2) is 35.7 Å². The molecule has 0 fully saturated rings. The molecule has 0 saturated heterocycles. The number of nitrogens with zero attached hydrogens (tertiary/aromatic N) is 1. The molecule has 4 heteroatoms. The first kappa shape index (κ1) is 13.2. The molecule has 96 valence electrons. The highest BCUT2D eigenvalue weighted by Gasteiger charge is 2.15. The fraction of sp³-hybridized carbons (Fsp3) is 0.357. The van der Waals surface area contributed by atoms with Crippen molar-refractivity contribution in [3.05, 3.63) is 52.0 Å². The minimum absolute atomic E-state index is 0.0526. The van der Waals surface area contributed by atoms with E-state index in [1.54, 1.807) is 11.3 Å². The highest BCUT2D eigenvalue weighted by atomic mass is 32.1. The maximum absolute atomic E-state index is 9.50. The smallest absolute Gasteiger partial charge is 0.0898 e. The summed E-state index contributed by atoms with van der Waals surface area (Å²) in [5.74, 6) is 0. The molecule has 0 aliphatic carbocycles. The van der Waals surface area contributed by atoms with Crippen molar-refractivity contribution in [2.24, 2.45) is 0 Å². The zero-order valence-electron chi connectivity index (χ0n) is 10.6. The number of aryl methyl sites for hydroxylation is 1. The number of nitrogens with one attached hydrogen (secondary N) is 1. The van der Waals surface area contributed by atoms with Gasteiger partial charge in [-0.05, 0) is 19.4 Å². The second kappa shape index (κ2) is 6.09. The van der Waals surface area contributed by atoms with E-state index >= 15 is 0 Å². The number of hydrogen-bond donors (Lipinski definition) is 2. The zero-order valence-corrected chi connectivity index (χ0v) is 11.4. The van der Waals surface area contributed by atoms with Crippen molar-refractivity contribution in [3.8, 4) is 0 Å². The molecule has 2 rings (SSSR count). The molecule has 1 heterocycles. The Morgan fingerprint density at radius 1 is 1.33 bits per heavy atom. The van der Waals surface area contributed by atoms with Crippen LogP contribution in [0.4, 0.5) is 0 Å². The quantitative estimate of drug-likeness (QED) is 0.871. The molecule has 3 nitrogen and oxygen atoms in total. The van der Waals surface area contributed by atoms with E-state index in [0.717, 1.165) is 16.3 Å². The van der Waals surface area contributed by atoms with Crippen LogP contribution in [-0.2, 0) is 0 Å². The molecule has 0 spiro atoms. The Morgan fingerprint density at radius 3 is 2.61 bits per heavy atom. The van der Waals surface area contributed by atoms with Crippen molar-refractivity contribution >= 4 is 11.3 Å². The number of aliphatic hydroxyl groups excluding tert-OH is 1. The zero-order chi connectivity index (χ0) is 13.0. The molecule has 18 heavy (non-hydrogen) atoms. The van der Waals surface area contributed by atoms with E-state index in [4.69, 9.17) is 0 Å². The lowest BCUT2D eigenvalue weighted by Crippen LogP contribution is -2.27. The molecular weight excluding hydrogens is 244 g/mol. The molecule has 0 amide bonds. The fourth-order valence-corrected chi connectivity index (χ4v) is 2.61. The van der Waals surface area contributed by atoms with Crippen LogP contribution in [0.5, 0.6) is 0 Å². The SMILES string of the molecule is Cc1nc(C(C)N[C@@H](CO)c2ccccc2)cs1. The van der Waals surface area contributed by atoms with E-state index in [-0.39, 0.29) is 18.7 Å². The van der Waals surface area contributed by atoms with Crippen LogP contribution in [0.3, 0.4) is 0 Å². The van der Waals surface area contributed by atoms with Gasteiger partial charge in [-0.25, -0.2) is 4.98 Å². The predicted molar refractivity (Wildman–Crippen MR) is 74.7 cm³/mol. The molecule has 1 unspecified atom stereocenters. The fourth-order valence-electron chi connectivity index (χ4n) is 1.91. The van der Waals surface area contributed by atoms with Crippen molar-refractivity contribution < 1.29 is 5.11 Å². The summed E-state index contributed by atoms with van der Waals surface area (Å²) in [5, 5.41) is 16.0. The largest absolute Gasteiger partial charge is 0.394 e. The van der Waals surface area contributed by atoms with Crippen LogP contribution in [0.1, 0.15) is 35.3 Å². The average molecular weight is 262 g/mol. The first-order valence-corrected chi connectivity index (χ1v) is 6.92. The van der Waals surface area contributed by atoms with Crippen molar-refractivity contribution in [3.63, 3.8) is 0 Å². The van der Waals surface area contributed by atoms with E-state index in [2.05, 4.69) is 22.6 Å². The third-order valence-corrected chi connectivity index (χ3v) is 3.71. The third-order valence-electron chi connectivity index (χ3n) is 2.92. The number of aliphatic hydroxyl groups is 1. The van der Waals surface area contributed by atoms with E-state index in [1.165, 1.54) is 0 Å². The van der Waals surface area contributed by atoms with Gasteiger partial charge in [-0.1, -0.05) is 30.3 Å². The summed E-state index contributed by atoms with van der Waals surface area (Å²) in [6.07, 6.45) is 0. The molecule has 0 radical (unpaired) electrons. The maximum atomic E-state index is 9.50.